The van der Waals surface area contributed by atoms with E-state index in [-0.39, 0.29) is 5.91 Å². The molecular formula is C16H23ClN2O. The maximum atomic E-state index is 12.1. The Kier molecular flexibility index (Phi) is 4.59. The molecular weight excluding hydrogens is 272 g/mol. The number of carbonyl (C=O) groups is 1. The minimum atomic E-state index is -0.111. The number of benzene rings is 1. The molecule has 4 heteroatoms. The molecule has 1 aliphatic carbocycles. The van der Waals surface area contributed by atoms with Crippen LogP contribution in [-0.4, -0.2) is 12.5 Å². The van der Waals surface area contributed by atoms with Crippen molar-refractivity contribution in [3.63, 3.8) is 0 Å². The minimum Gasteiger partial charge on any atom is -0.399 e. The second kappa shape index (κ2) is 6.04. The summed E-state index contributed by atoms with van der Waals surface area (Å²) in [5, 5.41) is 3.40. The van der Waals surface area contributed by atoms with Gasteiger partial charge in [-0.15, -0.1) is 0 Å². The Morgan fingerprint density at radius 2 is 2.05 bits per heavy atom. The lowest BCUT2D eigenvalue weighted by Gasteiger charge is -2.34. The van der Waals surface area contributed by atoms with Crippen LogP contribution in [0.1, 0.15) is 49.9 Å². The molecule has 2 rings (SSSR count). The summed E-state index contributed by atoms with van der Waals surface area (Å²) in [4.78, 5) is 12.1. The molecule has 0 saturated heterocycles. The first kappa shape index (κ1) is 15.2. The molecule has 0 radical (unpaired) electrons. The van der Waals surface area contributed by atoms with Crippen molar-refractivity contribution >= 4 is 23.2 Å². The molecule has 20 heavy (non-hydrogen) atoms. The van der Waals surface area contributed by atoms with E-state index < -0.39 is 0 Å². The molecule has 1 aromatic rings. The van der Waals surface area contributed by atoms with Crippen LogP contribution in [0.15, 0.2) is 18.2 Å². The van der Waals surface area contributed by atoms with Crippen molar-refractivity contribution in [3.8, 4) is 0 Å². The predicted molar refractivity (Wildman–Crippen MR) is 83.9 cm³/mol. The van der Waals surface area contributed by atoms with Crippen molar-refractivity contribution < 1.29 is 4.79 Å². The highest BCUT2D eigenvalue weighted by atomic mass is 35.5. The van der Waals surface area contributed by atoms with Crippen LogP contribution in [0, 0.1) is 11.3 Å². The monoisotopic (exact) mass is 294 g/mol. The third-order valence-corrected chi connectivity index (χ3v) is 4.56. The summed E-state index contributed by atoms with van der Waals surface area (Å²) in [5.74, 6) is 0.472. The number of amides is 1. The molecule has 0 spiro atoms. The zero-order valence-corrected chi connectivity index (χ0v) is 13.0. The van der Waals surface area contributed by atoms with E-state index in [1.807, 2.05) is 0 Å². The third-order valence-electron chi connectivity index (χ3n) is 4.25. The standard InChI is InChI=1S/C16H23ClN2O/c1-16(2)7-5-11(6-8-16)10-19-15(20)13-4-3-12(18)9-14(13)17/h3-4,9,11H,5-8,10,18H2,1-2H3,(H,19,20). The number of rotatable bonds is 3. The van der Waals surface area contributed by atoms with Crippen LogP contribution in [0.4, 0.5) is 5.69 Å². The van der Waals surface area contributed by atoms with Crippen LogP contribution in [0.25, 0.3) is 0 Å². The van der Waals surface area contributed by atoms with E-state index in [2.05, 4.69) is 19.2 Å². The minimum absolute atomic E-state index is 0.111. The van der Waals surface area contributed by atoms with E-state index in [0.29, 0.717) is 27.6 Å². The molecule has 0 atom stereocenters. The van der Waals surface area contributed by atoms with Gasteiger partial charge in [-0.25, -0.2) is 0 Å². The van der Waals surface area contributed by atoms with Crippen LogP contribution >= 0.6 is 11.6 Å². The summed E-state index contributed by atoms with van der Waals surface area (Å²) in [6.07, 6.45) is 4.83. The smallest absolute Gasteiger partial charge is 0.252 e. The second-order valence-corrected chi connectivity index (χ2v) is 6.96. The van der Waals surface area contributed by atoms with Crippen molar-refractivity contribution in [2.24, 2.45) is 11.3 Å². The highest BCUT2D eigenvalue weighted by Gasteiger charge is 2.27. The largest absolute Gasteiger partial charge is 0.399 e. The number of nitrogens with one attached hydrogen (secondary N) is 1. The zero-order chi connectivity index (χ0) is 14.8. The van der Waals surface area contributed by atoms with Crippen molar-refractivity contribution in [1.82, 2.24) is 5.32 Å². The van der Waals surface area contributed by atoms with Crippen molar-refractivity contribution in [2.45, 2.75) is 39.5 Å². The van der Waals surface area contributed by atoms with E-state index in [0.717, 1.165) is 6.54 Å². The van der Waals surface area contributed by atoms with Crippen LogP contribution in [0.3, 0.4) is 0 Å². The molecule has 1 amide bonds. The van der Waals surface area contributed by atoms with Gasteiger partial charge in [0.25, 0.3) is 5.91 Å². The lowest BCUT2D eigenvalue weighted by molar-refractivity contribution is 0.0936. The van der Waals surface area contributed by atoms with Gasteiger partial charge in [0.1, 0.15) is 0 Å². The Labute approximate surface area is 125 Å². The molecule has 110 valence electrons. The maximum absolute atomic E-state index is 12.1. The first-order valence-electron chi connectivity index (χ1n) is 7.21. The molecule has 0 heterocycles. The van der Waals surface area contributed by atoms with Crippen LogP contribution in [0.5, 0.6) is 0 Å². The Balaban J connectivity index is 1.87. The van der Waals surface area contributed by atoms with Crippen LogP contribution in [0.2, 0.25) is 5.02 Å². The predicted octanol–water partition coefficient (Wildman–Crippen LogP) is 3.87. The molecule has 1 fully saturated rings. The summed E-state index contributed by atoms with van der Waals surface area (Å²) in [5.41, 5.74) is 7.15. The summed E-state index contributed by atoms with van der Waals surface area (Å²) >= 11 is 6.04. The van der Waals surface area contributed by atoms with Crippen molar-refractivity contribution in [1.29, 1.82) is 0 Å². The van der Waals surface area contributed by atoms with E-state index >= 15 is 0 Å². The Morgan fingerprint density at radius 3 is 2.65 bits per heavy atom. The van der Waals surface area contributed by atoms with Gasteiger partial charge in [0, 0.05) is 12.2 Å². The molecule has 1 aromatic carbocycles. The van der Waals surface area contributed by atoms with E-state index in [1.165, 1.54) is 25.7 Å². The number of hydrogen-bond acceptors (Lipinski definition) is 2. The Bertz CT molecular complexity index is 489. The van der Waals surface area contributed by atoms with Gasteiger partial charge in [0.15, 0.2) is 0 Å². The molecule has 0 aromatic heterocycles. The average Bonchev–Trinajstić information content (AvgIpc) is 2.37. The number of carbonyl (C=O) groups excluding carboxylic acids is 1. The molecule has 0 bridgehead atoms. The molecule has 0 aliphatic heterocycles. The Morgan fingerprint density at radius 1 is 1.40 bits per heavy atom. The molecule has 3 N–H and O–H groups in total. The second-order valence-electron chi connectivity index (χ2n) is 6.56. The first-order chi connectivity index (χ1) is 9.37. The zero-order valence-electron chi connectivity index (χ0n) is 12.2. The highest BCUT2D eigenvalue weighted by molar-refractivity contribution is 6.34. The quantitative estimate of drug-likeness (QED) is 0.832. The number of anilines is 1. The fraction of sp³-hybridized carbons (Fsp3) is 0.562. The van der Waals surface area contributed by atoms with Crippen molar-refractivity contribution in [3.05, 3.63) is 28.8 Å². The molecule has 0 unspecified atom stereocenters. The topological polar surface area (TPSA) is 55.1 Å². The van der Waals surface area contributed by atoms with Gasteiger partial charge >= 0.3 is 0 Å². The fourth-order valence-electron chi connectivity index (χ4n) is 2.71. The maximum Gasteiger partial charge on any atom is 0.252 e. The lowest BCUT2D eigenvalue weighted by atomic mass is 9.73. The van der Waals surface area contributed by atoms with Gasteiger partial charge in [-0.05, 0) is 55.2 Å². The van der Waals surface area contributed by atoms with Crippen molar-refractivity contribution in [2.75, 3.05) is 12.3 Å². The SMILES string of the molecule is CC1(C)CCC(CNC(=O)c2ccc(N)cc2Cl)CC1. The Hall–Kier alpha value is -1.22. The lowest BCUT2D eigenvalue weighted by Crippen LogP contribution is -2.32. The number of halogens is 1. The summed E-state index contributed by atoms with van der Waals surface area (Å²) in [6, 6.07) is 4.99. The van der Waals surface area contributed by atoms with Gasteiger partial charge in [0.2, 0.25) is 0 Å². The number of nitrogen functional groups attached to an aromatic ring is 1. The van der Waals surface area contributed by atoms with E-state index in [9.17, 15) is 4.79 Å². The molecule has 3 nitrogen and oxygen atoms in total. The van der Waals surface area contributed by atoms with Gasteiger partial charge in [-0.3, -0.25) is 4.79 Å². The average molecular weight is 295 g/mol. The summed E-state index contributed by atoms with van der Waals surface area (Å²) in [6.45, 7) is 5.36. The van der Waals surface area contributed by atoms with Gasteiger partial charge in [0.05, 0.1) is 10.6 Å². The van der Waals surface area contributed by atoms with E-state index in [4.69, 9.17) is 17.3 Å². The third kappa shape index (κ3) is 3.89. The van der Waals surface area contributed by atoms with E-state index in [1.54, 1.807) is 18.2 Å². The normalized spacial score (nSPS) is 18.8. The fourth-order valence-corrected chi connectivity index (χ4v) is 2.99. The highest BCUT2D eigenvalue weighted by Crippen LogP contribution is 2.37. The molecule has 1 aliphatic rings. The summed E-state index contributed by atoms with van der Waals surface area (Å²) < 4.78 is 0. The van der Waals surface area contributed by atoms with Gasteiger partial charge < -0.3 is 11.1 Å². The summed E-state index contributed by atoms with van der Waals surface area (Å²) in [7, 11) is 0. The van der Waals surface area contributed by atoms with Crippen LogP contribution in [-0.2, 0) is 0 Å². The van der Waals surface area contributed by atoms with Crippen LogP contribution < -0.4 is 11.1 Å². The molecule has 1 saturated carbocycles. The number of hydrogen-bond donors (Lipinski definition) is 2. The number of nitrogens with two attached hydrogens (primary N) is 1. The van der Waals surface area contributed by atoms with Gasteiger partial charge in [-0.1, -0.05) is 25.4 Å². The first-order valence-corrected chi connectivity index (χ1v) is 7.58. The van der Waals surface area contributed by atoms with Gasteiger partial charge in [-0.2, -0.15) is 0 Å².